The highest BCUT2D eigenvalue weighted by Gasteiger charge is 2.31. The summed E-state index contributed by atoms with van der Waals surface area (Å²) in [6.45, 7) is 8.40. The minimum atomic E-state index is -0.651. The third-order valence-electron chi connectivity index (χ3n) is 7.57. The van der Waals surface area contributed by atoms with Crippen LogP contribution in [0.3, 0.4) is 0 Å². The summed E-state index contributed by atoms with van der Waals surface area (Å²) in [7, 11) is 1.67. The minimum Gasteiger partial charge on any atom is -0.381 e. The number of anilines is 1. The molecule has 2 aromatic rings. The van der Waals surface area contributed by atoms with Crippen LogP contribution in [0.1, 0.15) is 63.4 Å². The molecule has 0 atom stereocenters. The molecule has 2 aliphatic rings. The Labute approximate surface area is 211 Å². The van der Waals surface area contributed by atoms with Crippen molar-refractivity contribution >= 4 is 23.3 Å². The van der Waals surface area contributed by atoms with E-state index in [1.54, 1.807) is 38.5 Å². The number of hydrogen-bond acceptors (Lipinski definition) is 5. The number of likely N-dealkylation sites (tertiary alicyclic amines) is 1. The molecular formula is C27H35FN4O4. The summed E-state index contributed by atoms with van der Waals surface area (Å²) in [5.74, 6) is -2.06. The monoisotopic (exact) mass is 498 g/mol. The molecular weight excluding hydrogens is 463 g/mol. The van der Waals surface area contributed by atoms with Crippen LogP contribution in [0.4, 0.5) is 10.1 Å². The first kappa shape index (κ1) is 26.0. The molecule has 2 fully saturated rings. The third-order valence-corrected chi connectivity index (χ3v) is 7.57. The van der Waals surface area contributed by atoms with Gasteiger partial charge in [0.2, 0.25) is 0 Å². The number of Topliss-reactive ketones (excluding diaryl/α,β-unsaturated/α-hetero) is 1. The summed E-state index contributed by atoms with van der Waals surface area (Å²) < 4.78 is 20.6. The highest BCUT2D eigenvalue weighted by molar-refractivity contribution is 6.43. The van der Waals surface area contributed by atoms with Crippen LogP contribution in [0, 0.1) is 26.6 Å². The number of carbonyl (C=O) groups excluding carboxylic acids is 3. The maximum Gasteiger partial charge on any atom is 0.294 e. The smallest absolute Gasteiger partial charge is 0.294 e. The van der Waals surface area contributed by atoms with Gasteiger partial charge in [0.15, 0.2) is 0 Å². The average molecular weight is 499 g/mol. The fourth-order valence-electron chi connectivity index (χ4n) is 5.37. The molecule has 0 aliphatic carbocycles. The lowest BCUT2D eigenvalue weighted by atomic mass is 9.99. The van der Waals surface area contributed by atoms with Crippen LogP contribution >= 0.6 is 0 Å². The zero-order valence-corrected chi connectivity index (χ0v) is 21.4. The van der Waals surface area contributed by atoms with Gasteiger partial charge in [-0.15, -0.1) is 0 Å². The number of halogens is 1. The lowest BCUT2D eigenvalue weighted by Gasteiger charge is -2.39. The molecule has 2 saturated heterocycles. The summed E-state index contributed by atoms with van der Waals surface area (Å²) >= 11 is 0. The molecule has 36 heavy (non-hydrogen) atoms. The zero-order valence-electron chi connectivity index (χ0n) is 21.4. The predicted octanol–water partition coefficient (Wildman–Crippen LogP) is 3.28. The molecule has 1 aromatic carbocycles. The quantitative estimate of drug-likeness (QED) is 0.471. The Morgan fingerprint density at radius 1 is 1.03 bits per heavy atom. The number of piperidine rings is 1. The van der Waals surface area contributed by atoms with Crippen molar-refractivity contribution < 1.29 is 23.5 Å². The molecule has 2 N–H and O–H groups in total. The van der Waals surface area contributed by atoms with E-state index in [1.807, 2.05) is 0 Å². The van der Waals surface area contributed by atoms with Crippen LogP contribution < -0.4 is 10.6 Å². The number of nitrogens with zero attached hydrogens (tertiary/aromatic N) is 2. The van der Waals surface area contributed by atoms with E-state index in [0.29, 0.717) is 34.1 Å². The number of carbonyl (C=O) groups is 3. The first-order valence-electron chi connectivity index (χ1n) is 12.6. The summed E-state index contributed by atoms with van der Waals surface area (Å²) in [5, 5.41) is 5.69. The largest absolute Gasteiger partial charge is 0.381 e. The van der Waals surface area contributed by atoms with E-state index in [1.165, 1.54) is 12.1 Å². The number of nitrogens with one attached hydrogen (secondary N) is 2. The number of benzene rings is 1. The van der Waals surface area contributed by atoms with Gasteiger partial charge in [-0.3, -0.25) is 14.4 Å². The van der Waals surface area contributed by atoms with Gasteiger partial charge in [0, 0.05) is 56.8 Å². The summed E-state index contributed by atoms with van der Waals surface area (Å²) in [6.07, 6.45) is 3.68. The lowest BCUT2D eigenvalue weighted by Crippen LogP contribution is -2.50. The van der Waals surface area contributed by atoms with Crippen molar-refractivity contribution in [2.24, 2.45) is 7.05 Å². The molecule has 4 rings (SSSR count). The van der Waals surface area contributed by atoms with E-state index >= 15 is 0 Å². The van der Waals surface area contributed by atoms with Crippen molar-refractivity contribution in [1.29, 1.82) is 0 Å². The maximum absolute atomic E-state index is 13.6. The average Bonchev–Trinajstić information content (AvgIpc) is 3.09. The Bertz CT molecular complexity index is 1160. The standard InChI is InChI=1S/C27H35FN4O4/c1-16-15-20(5-6-22(16)28)30-26(34)23-17(2)24(31(4)18(23)3)25(33)27(35)29-19-7-11-32(12-8-19)21-9-13-36-14-10-21/h5-6,15,19,21H,7-14H2,1-4H3,(H,29,35)(H,30,34). The molecule has 0 radical (unpaired) electrons. The Balaban J connectivity index is 1.41. The molecule has 2 amide bonds. The van der Waals surface area contributed by atoms with Crippen LogP contribution in [0.5, 0.6) is 0 Å². The summed E-state index contributed by atoms with van der Waals surface area (Å²) in [4.78, 5) is 41.6. The van der Waals surface area contributed by atoms with E-state index in [-0.39, 0.29) is 17.6 Å². The molecule has 0 unspecified atom stereocenters. The van der Waals surface area contributed by atoms with Gasteiger partial charge in [0.1, 0.15) is 5.82 Å². The van der Waals surface area contributed by atoms with E-state index in [4.69, 9.17) is 4.74 Å². The van der Waals surface area contributed by atoms with E-state index in [2.05, 4.69) is 15.5 Å². The number of aryl methyl sites for hydroxylation is 1. The predicted molar refractivity (Wildman–Crippen MR) is 135 cm³/mol. The van der Waals surface area contributed by atoms with Gasteiger partial charge in [-0.25, -0.2) is 4.39 Å². The number of hydrogen-bond donors (Lipinski definition) is 2. The minimum absolute atomic E-state index is 0.0521. The van der Waals surface area contributed by atoms with Crippen molar-refractivity contribution in [2.45, 2.75) is 58.5 Å². The summed E-state index contributed by atoms with van der Waals surface area (Å²) in [5.41, 5.74) is 2.43. The molecule has 2 aliphatic heterocycles. The number of amides is 2. The Kier molecular flexibility index (Phi) is 7.90. The van der Waals surface area contributed by atoms with Gasteiger partial charge in [-0.1, -0.05) is 0 Å². The highest BCUT2D eigenvalue weighted by atomic mass is 19.1. The molecule has 194 valence electrons. The van der Waals surface area contributed by atoms with Gasteiger partial charge in [0.25, 0.3) is 17.6 Å². The fraction of sp³-hybridized carbons (Fsp3) is 0.519. The Morgan fingerprint density at radius 2 is 1.69 bits per heavy atom. The van der Waals surface area contributed by atoms with Gasteiger partial charge in [0.05, 0.1) is 11.3 Å². The molecule has 1 aromatic heterocycles. The molecule has 3 heterocycles. The molecule has 0 bridgehead atoms. The second kappa shape index (κ2) is 10.9. The van der Waals surface area contributed by atoms with Crippen molar-refractivity contribution in [3.05, 3.63) is 52.1 Å². The Morgan fingerprint density at radius 3 is 2.33 bits per heavy atom. The number of aromatic nitrogens is 1. The van der Waals surface area contributed by atoms with Crippen LogP contribution in [0.15, 0.2) is 18.2 Å². The van der Waals surface area contributed by atoms with Crippen molar-refractivity contribution in [2.75, 3.05) is 31.6 Å². The summed E-state index contributed by atoms with van der Waals surface area (Å²) in [6, 6.07) is 4.82. The molecule has 8 nitrogen and oxygen atoms in total. The second-order valence-corrected chi connectivity index (χ2v) is 9.87. The fourth-order valence-corrected chi connectivity index (χ4v) is 5.37. The van der Waals surface area contributed by atoms with Gasteiger partial charge >= 0.3 is 0 Å². The van der Waals surface area contributed by atoms with Crippen LogP contribution in [-0.2, 0) is 16.6 Å². The topological polar surface area (TPSA) is 92.7 Å². The van der Waals surface area contributed by atoms with E-state index in [9.17, 15) is 18.8 Å². The first-order chi connectivity index (χ1) is 17.2. The normalized spacial score (nSPS) is 17.7. The highest BCUT2D eigenvalue weighted by Crippen LogP contribution is 2.24. The van der Waals surface area contributed by atoms with E-state index < -0.39 is 17.6 Å². The van der Waals surface area contributed by atoms with Gasteiger partial charge in [-0.05, 0) is 75.8 Å². The van der Waals surface area contributed by atoms with E-state index in [0.717, 1.165) is 52.0 Å². The van der Waals surface area contributed by atoms with Gasteiger partial charge in [-0.2, -0.15) is 0 Å². The third kappa shape index (κ3) is 5.37. The number of rotatable bonds is 6. The van der Waals surface area contributed by atoms with Gasteiger partial charge < -0.3 is 24.8 Å². The SMILES string of the molecule is Cc1cc(NC(=O)c2c(C)c(C(=O)C(=O)NC3CCN(C4CCOCC4)CC3)n(C)c2C)ccc1F. The first-order valence-corrected chi connectivity index (χ1v) is 12.6. The maximum atomic E-state index is 13.6. The zero-order chi connectivity index (χ0) is 26.0. The lowest BCUT2D eigenvalue weighted by molar-refractivity contribution is -0.118. The van der Waals surface area contributed by atoms with Crippen molar-refractivity contribution in [3.63, 3.8) is 0 Å². The van der Waals surface area contributed by atoms with Crippen LogP contribution in [-0.4, -0.2) is 65.5 Å². The van der Waals surface area contributed by atoms with Crippen molar-refractivity contribution in [3.8, 4) is 0 Å². The second-order valence-electron chi connectivity index (χ2n) is 9.87. The van der Waals surface area contributed by atoms with Crippen molar-refractivity contribution in [1.82, 2.24) is 14.8 Å². The van der Waals surface area contributed by atoms with Crippen LogP contribution in [0.2, 0.25) is 0 Å². The molecule has 9 heteroatoms. The number of ketones is 1. The number of ether oxygens (including phenoxy) is 1. The molecule has 0 spiro atoms. The van der Waals surface area contributed by atoms with Crippen LogP contribution in [0.25, 0.3) is 0 Å². The Hall–Kier alpha value is -3.04. The molecule has 0 saturated carbocycles.